The fraction of sp³-hybridized carbons (Fsp3) is 1.00. The van der Waals surface area contributed by atoms with E-state index in [0.29, 0.717) is 0 Å². The van der Waals surface area contributed by atoms with Crippen LogP contribution in [0.25, 0.3) is 0 Å². The number of hydrogen-bond acceptors (Lipinski definition) is 6. The first-order chi connectivity index (χ1) is 12.4. The molecule has 6 atom stereocenters. The van der Waals surface area contributed by atoms with Gasteiger partial charge in [-0.15, -0.1) is 0 Å². The van der Waals surface area contributed by atoms with Crippen LogP contribution in [0.15, 0.2) is 0 Å². The molecule has 2 heterocycles. The summed E-state index contributed by atoms with van der Waals surface area (Å²) in [6, 6.07) is 0. The number of fused-ring (bicyclic) bond motifs is 2. The maximum Gasteiger partial charge on any atom is 0.169 e. The Morgan fingerprint density at radius 1 is 0.538 bits per heavy atom. The summed E-state index contributed by atoms with van der Waals surface area (Å²) in [7, 11) is 0. The van der Waals surface area contributed by atoms with E-state index in [1.165, 1.54) is 0 Å². The van der Waals surface area contributed by atoms with Gasteiger partial charge in [0.2, 0.25) is 0 Å². The average Bonchev–Trinajstić information content (AvgIpc) is 3.15. The van der Waals surface area contributed by atoms with Gasteiger partial charge in [0, 0.05) is 25.7 Å². The summed E-state index contributed by atoms with van der Waals surface area (Å²) in [5.41, 5.74) is 0. The van der Waals surface area contributed by atoms with Crippen LogP contribution >= 0.6 is 0 Å². The molecule has 0 aromatic heterocycles. The maximum atomic E-state index is 11.0. The Kier molecular flexibility index (Phi) is 6.32. The second-order valence-electron chi connectivity index (χ2n) is 8.13. The molecular weight excluding hydrogens is 336 g/mol. The van der Waals surface area contributed by atoms with Gasteiger partial charge >= 0.3 is 0 Å². The number of ether oxygens (including phenoxy) is 4. The van der Waals surface area contributed by atoms with Crippen molar-refractivity contribution in [1.82, 2.24) is 0 Å². The molecule has 2 saturated heterocycles. The number of aliphatic hydroxyl groups excluding tert-OH is 2. The van der Waals surface area contributed by atoms with Crippen LogP contribution in [-0.2, 0) is 18.9 Å². The van der Waals surface area contributed by atoms with Crippen molar-refractivity contribution in [1.29, 1.82) is 0 Å². The molecule has 26 heavy (non-hydrogen) atoms. The van der Waals surface area contributed by atoms with E-state index in [0.717, 1.165) is 51.4 Å². The van der Waals surface area contributed by atoms with E-state index in [-0.39, 0.29) is 0 Å². The Morgan fingerprint density at radius 2 is 0.769 bits per heavy atom. The summed E-state index contributed by atoms with van der Waals surface area (Å²) >= 11 is 0. The quantitative estimate of drug-likeness (QED) is 0.682. The fourth-order valence-corrected chi connectivity index (χ4v) is 4.99. The zero-order valence-electron chi connectivity index (χ0n) is 16.6. The highest BCUT2D eigenvalue weighted by Gasteiger charge is 2.64. The van der Waals surface area contributed by atoms with E-state index in [1.807, 2.05) is 0 Å². The van der Waals surface area contributed by atoms with Gasteiger partial charge in [-0.3, -0.25) is 0 Å². The minimum absolute atomic E-state index is 0.577. The summed E-state index contributed by atoms with van der Waals surface area (Å²) in [5.74, 6) is -1.44. The van der Waals surface area contributed by atoms with Crippen molar-refractivity contribution in [3.8, 4) is 0 Å². The molecule has 2 N–H and O–H groups in total. The summed E-state index contributed by atoms with van der Waals surface area (Å²) < 4.78 is 25.0. The second kappa shape index (κ2) is 8.02. The molecule has 0 radical (unpaired) electrons. The molecule has 6 heteroatoms. The third-order valence-electron chi connectivity index (χ3n) is 5.92. The van der Waals surface area contributed by atoms with Crippen LogP contribution < -0.4 is 0 Å². The monoisotopic (exact) mass is 372 g/mol. The lowest BCUT2D eigenvalue weighted by molar-refractivity contribution is -0.216. The molecular formula is C20H36O6. The normalized spacial score (nSPS) is 40.4. The molecule has 3 rings (SSSR count). The van der Waals surface area contributed by atoms with Crippen molar-refractivity contribution >= 4 is 0 Å². The molecule has 3 aliphatic rings. The maximum absolute atomic E-state index is 11.0. The molecule has 1 aliphatic carbocycles. The van der Waals surface area contributed by atoms with Crippen LogP contribution in [0, 0.1) is 0 Å². The van der Waals surface area contributed by atoms with Gasteiger partial charge in [-0.05, 0) is 0 Å². The molecule has 3 fully saturated rings. The Bertz CT molecular complexity index is 387. The van der Waals surface area contributed by atoms with Crippen molar-refractivity contribution in [2.75, 3.05) is 0 Å². The molecule has 6 nitrogen and oxygen atoms in total. The minimum Gasteiger partial charge on any atom is -0.387 e. The van der Waals surface area contributed by atoms with Crippen LogP contribution in [0.2, 0.25) is 0 Å². The van der Waals surface area contributed by atoms with Gasteiger partial charge < -0.3 is 29.2 Å². The highest BCUT2D eigenvalue weighted by atomic mass is 16.8. The first-order valence-corrected chi connectivity index (χ1v) is 10.5. The smallest absolute Gasteiger partial charge is 0.169 e. The Morgan fingerprint density at radius 3 is 0.962 bits per heavy atom. The van der Waals surface area contributed by atoms with Crippen molar-refractivity contribution < 1.29 is 29.2 Å². The zero-order chi connectivity index (χ0) is 18.9. The first kappa shape index (κ1) is 20.5. The molecule has 1 saturated carbocycles. The molecule has 2 aliphatic heterocycles. The van der Waals surface area contributed by atoms with Crippen molar-refractivity contribution in [3.63, 3.8) is 0 Å². The minimum atomic E-state index is -0.862. The van der Waals surface area contributed by atoms with Gasteiger partial charge in [-0.2, -0.15) is 0 Å². The van der Waals surface area contributed by atoms with Crippen molar-refractivity contribution in [2.45, 2.75) is 127 Å². The number of aliphatic hydroxyl groups is 2. The summed E-state index contributed by atoms with van der Waals surface area (Å²) in [6.45, 7) is 8.35. The van der Waals surface area contributed by atoms with Crippen LogP contribution in [0.1, 0.15) is 79.1 Å². The van der Waals surface area contributed by atoms with Gasteiger partial charge in [0.1, 0.15) is 36.6 Å². The zero-order valence-corrected chi connectivity index (χ0v) is 16.6. The van der Waals surface area contributed by atoms with E-state index in [9.17, 15) is 10.2 Å². The van der Waals surface area contributed by atoms with E-state index in [4.69, 9.17) is 18.9 Å². The molecule has 0 aromatic rings. The van der Waals surface area contributed by atoms with Crippen molar-refractivity contribution in [2.24, 2.45) is 0 Å². The Hall–Kier alpha value is -0.240. The summed E-state index contributed by atoms with van der Waals surface area (Å²) in [4.78, 5) is 0. The van der Waals surface area contributed by atoms with E-state index < -0.39 is 48.2 Å². The fourth-order valence-electron chi connectivity index (χ4n) is 4.99. The predicted octanol–water partition coefficient (Wildman–Crippen LogP) is 2.88. The lowest BCUT2D eigenvalue weighted by atomic mass is 9.85. The van der Waals surface area contributed by atoms with Gasteiger partial charge in [0.25, 0.3) is 0 Å². The van der Waals surface area contributed by atoms with Gasteiger partial charge in [0.05, 0.1) is 0 Å². The van der Waals surface area contributed by atoms with E-state index in [1.54, 1.807) is 0 Å². The largest absolute Gasteiger partial charge is 0.387 e. The molecule has 0 spiro atoms. The van der Waals surface area contributed by atoms with Gasteiger partial charge in [-0.1, -0.05) is 53.4 Å². The van der Waals surface area contributed by atoms with Gasteiger partial charge in [-0.25, -0.2) is 0 Å². The van der Waals surface area contributed by atoms with Gasteiger partial charge in [0.15, 0.2) is 11.6 Å². The lowest BCUT2D eigenvalue weighted by Gasteiger charge is -2.38. The first-order valence-electron chi connectivity index (χ1n) is 10.5. The standard InChI is InChI=1S/C20H36O6/c1-5-9-19(10-6-2)23-15-13(21)17-18(14(22)16(15)24-19)26-20(25-17,11-7-3)12-8-4/h13-18,21-22H,5-12H2,1-4H3/t13-,14-,15-,16-,17-,18+/m0/s1. The number of rotatable bonds is 8. The third-order valence-corrected chi connectivity index (χ3v) is 5.92. The molecule has 0 amide bonds. The molecule has 152 valence electrons. The summed E-state index contributed by atoms with van der Waals surface area (Å²) in [5, 5.41) is 22.0. The van der Waals surface area contributed by atoms with Crippen LogP contribution in [0.4, 0.5) is 0 Å². The van der Waals surface area contributed by atoms with Crippen molar-refractivity contribution in [3.05, 3.63) is 0 Å². The van der Waals surface area contributed by atoms with Crippen LogP contribution in [0.5, 0.6) is 0 Å². The highest BCUT2D eigenvalue weighted by Crippen LogP contribution is 2.48. The van der Waals surface area contributed by atoms with Crippen LogP contribution in [-0.4, -0.2) is 58.4 Å². The van der Waals surface area contributed by atoms with Crippen LogP contribution in [0.3, 0.4) is 0 Å². The second-order valence-corrected chi connectivity index (χ2v) is 8.13. The highest BCUT2D eigenvalue weighted by molar-refractivity contribution is 5.08. The molecule has 0 unspecified atom stereocenters. The lowest BCUT2D eigenvalue weighted by Crippen LogP contribution is -2.61. The molecule has 0 bridgehead atoms. The Labute approximate surface area is 157 Å². The SMILES string of the molecule is CCCC1(CCC)O[C@@H]2[C@@H](O)[C@@H]3OC(CCC)(CCC)O[C@H]3[C@H](O)[C@@H]2O1. The Balaban J connectivity index is 1.81. The van der Waals surface area contributed by atoms with E-state index in [2.05, 4.69) is 27.7 Å². The topological polar surface area (TPSA) is 77.4 Å². The third kappa shape index (κ3) is 3.45. The van der Waals surface area contributed by atoms with E-state index >= 15 is 0 Å². The average molecular weight is 373 g/mol. The predicted molar refractivity (Wildman–Crippen MR) is 96.6 cm³/mol. The summed E-state index contributed by atoms with van der Waals surface area (Å²) in [6.07, 6.45) is 2.64. The number of hydrogen-bond donors (Lipinski definition) is 2. The molecule has 0 aromatic carbocycles.